The normalized spacial score (nSPS) is 16.5. The smallest absolute Gasteiger partial charge is 0.280 e. The first kappa shape index (κ1) is 15.8. The fourth-order valence-electron chi connectivity index (χ4n) is 2.53. The molecule has 1 amide bonds. The van der Waals surface area contributed by atoms with Crippen LogP contribution in [0.4, 0.5) is 8.78 Å². The topological polar surface area (TPSA) is 55.3 Å². The van der Waals surface area contributed by atoms with E-state index < -0.39 is 12.1 Å². The quantitative estimate of drug-likeness (QED) is 0.857. The molecule has 0 radical (unpaired) electrons. The van der Waals surface area contributed by atoms with Crippen LogP contribution in [0.1, 0.15) is 49.3 Å². The molecule has 1 saturated heterocycles. The molecule has 0 spiro atoms. The standard InChI is InChI=1S/C14H19F2N3O2/c1-9(2)19(10-3-5-21-6-4-10)14(20)12-7-11(13(15)16)17-8-18-12/h7-10,13H,3-6H2,1-2H3. The van der Waals surface area contributed by atoms with E-state index in [2.05, 4.69) is 9.97 Å². The van der Waals surface area contributed by atoms with E-state index in [0.717, 1.165) is 25.2 Å². The molecule has 0 aliphatic carbocycles. The highest BCUT2D eigenvalue weighted by Crippen LogP contribution is 2.21. The highest BCUT2D eigenvalue weighted by Gasteiger charge is 2.29. The van der Waals surface area contributed by atoms with Crippen molar-refractivity contribution >= 4 is 5.91 Å². The molecule has 0 saturated carbocycles. The first-order valence-electron chi connectivity index (χ1n) is 7.01. The summed E-state index contributed by atoms with van der Waals surface area (Å²) >= 11 is 0. The zero-order chi connectivity index (χ0) is 15.4. The number of alkyl halides is 2. The van der Waals surface area contributed by atoms with Gasteiger partial charge in [-0.1, -0.05) is 0 Å². The van der Waals surface area contributed by atoms with Crippen molar-refractivity contribution in [3.8, 4) is 0 Å². The van der Waals surface area contributed by atoms with Crippen LogP contribution in [0.25, 0.3) is 0 Å². The molecule has 1 fully saturated rings. The molecule has 2 heterocycles. The van der Waals surface area contributed by atoms with Crippen molar-refractivity contribution in [2.75, 3.05) is 13.2 Å². The van der Waals surface area contributed by atoms with Gasteiger partial charge in [0.1, 0.15) is 17.7 Å². The number of carbonyl (C=O) groups excluding carboxylic acids is 1. The molecule has 0 aromatic carbocycles. The van der Waals surface area contributed by atoms with Crippen molar-refractivity contribution in [2.24, 2.45) is 0 Å². The molecule has 0 unspecified atom stereocenters. The molecule has 116 valence electrons. The number of hydrogen-bond acceptors (Lipinski definition) is 4. The molecular formula is C14H19F2N3O2. The molecule has 7 heteroatoms. The number of ether oxygens (including phenoxy) is 1. The van der Waals surface area contributed by atoms with E-state index in [1.807, 2.05) is 13.8 Å². The van der Waals surface area contributed by atoms with Gasteiger partial charge in [-0.3, -0.25) is 4.79 Å². The number of amides is 1. The minimum absolute atomic E-state index is 0.0143. The van der Waals surface area contributed by atoms with Crippen LogP contribution in [0.15, 0.2) is 12.4 Å². The number of aromatic nitrogens is 2. The molecule has 2 rings (SSSR count). The average molecular weight is 299 g/mol. The summed E-state index contributed by atoms with van der Waals surface area (Å²) in [6.07, 6.45) is -0.208. The number of halogens is 2. The van der Waals surface area contributed by atoms with Crippen LogP contribution in [0, 0.1) is 0 Å². The fraction of sp³-hybridized carbons (Fsp3) is 0.643. The second-order valence-electron chi connectivity index (χ2n) is 5.28. The van der Waals surface area contributed by atoms with Crippen molar-refractivity contribution in [1.82, 2.24) is 14.9 Å². The number of nitrogens with zero attached hydrogens (tertiary/aromatic N) is 3. The van der Waals surface area contributed by atoms with Crippen LogP contribution in [0.2, 0.25) is 0 Å². The van der Waals surface area contributed by atoms with Crippen LogP contribution < -0.4 is 0 Å². The molecule has 0 bridgehead atoms. The summed E-state index contributed by atoms with van der Waals surface area (Å²) in [4.78, 5) is 21.7. The Morgan fingerprint density at radius 1 is 1.33 bits per heavy atom. The van der Waals surface area contributed by atoms with Crippen molar-refractivity contribution in [1.29, 1.82) is 0 Å². The maximum absolute atomic E-state index is 12.7. The van der Waals surface area contributed by atoms with Gasteiger partial charge in [0.15, 0.2) is 0 Å². The minimum atomic E-state index is -2.71. The molecule has 5 nitrogen and oxygen atoms in total. The molecule has 1 aliphatic heterocycles. The Balaban J connectivity index is 2.23. The predicted octanol–water partition coefficient (Wildman–Crippen LogP) is 2.44. The zero-order valence-corrected chi connectivity index (χ0v) is 12.1. The fourth-order valence-corrected chi connectivity index (χ4v) is 2.53. The predicted molar refractivity (Wildman–Crippen MR) is 72.1 cm³/mol. The van der Waals surface area contributed by atoms with E-state index >= 15 is 0 Å². The van der Waals surface area contributed by atoms with Gasteiger partial charge in [-0.15, -0.1) is 0 Å². The van der Waals surface area contributed by atoms with E-state index in [0.29, 0.717) is 13.2 Å². The van der Waals surface area contributed by atoms with Crippen molar-refractivity contribution < 1.29 is 18.3 Å². The summed E-state index contributed by atoms with van der Waals surface area (Å²) in [6, 6.07) is 1.09. The Kier molecular flexibility index (Phi) is 5.17. The molecule has 0 N–H and O–H groups in total. The van der Waals surface area contributed by atoms with E-state index in [1.54, 1.807) is 4.90 Å². The van der Waals surface area contributed by atoms with E-state index in [-0.39, 0.29) is 23.7 Å². The summed E-state index contributed by atoms with van der Waals surface area (Å²) in [6.45, 7) is 5.02. The van der Waals surface area contributed by atoms with Crippen molar-refractivity contribution in [3.05, 3.63) is 23.8 Å². The molecule has 21 heavy (non-hydrogen) atoms. The molecule has 1 aliphatic rings. The van der Waals surface area contributed by atoms with Crippen LogP contribution in [0.3, 0.4) is 0 Å². The SMILES string of the molecule is CC(C)N(C(=O)c1cc(C(F)F)ncn1)C1CCOCC1. The van der Waals surface area contributed by atoms with Crippen molar-refractivity contribution in [3.63, 3.8) is 0 Å². The van der Waals surface area contributed by atoms with Gasteiger partial charge in [0, 0.05) is 25.3 Å². The monoisotopic (exact) mass is 299 g/mol. The number of hydrogen-bond donors (Lipinski definition) is 0. The van der Waals surface area contributed by atoms with Crippen LogP contribution in [-0.2, 0) is 4.74 Å². The Labute approximate surface area is 122 Å². The summed E-state index contributed by atoms with van der Waals surface area (Å²) in [5.74, 6) is -0.332. The number of rotatable bonds is 4. The Bertz CT molecular complexity index is 491. The van der Waals surface area contributed by atoms with Crippen LogP contribution >= 0.6 is 0 Å². The zero-order valence-electron chi connectivity index (χ0n) is 12.1. The minimum Gasteiger partial charge on any atom is -0.381 e. The van der Waals surface area contributed by atoms with Crippen molar-refractivity contribution in [2.45, 2.75) is 45.2 Å². The summed E-state index contributed by atoms with van der Waals surface area (Å²) in [5.41, 5.74) is -0.412. The van der Waals surface area contributed by atoms with Crippen LogP contribution in [0.5, 0.6) is 0 Å². The Morgan fingerprint density at radius 2 is 2.00 bits per heavy atom. The lowest BCUT2D eigenvalue weighted by Crippen LogP contribution is -2.47. The highest BCUT2D eigenvalue weighted by molar-refractivity contribution is 5.92. The summed E-state index contributed by atoms with van der Waals surface area (Å²) in [7, 11) is 0. The van der Waals surface area contributed by atoms with Crippen LogP contribution in [-0.4, -0.2) is 46.1 Å². The summed E-state index contributed by atoms with van der Waals surface area (Å²) < 4.78 is 30.7. The third-order valence-corrected chi connectivity index (χ3v) is 3.51. The van der Waals surface area contributed by atoms with Gasteiger partial charge in [0.2, 0.25) is 0 Å². The molecular weight excluding hydrogens is 280 g/mol. The first-order chi connectivity index (χ1) is 10.0. The molecule has 1 aromatic rings. The lowest BCUT2D eigenvalue weighted by atomic mass is 10.0. The first-order valence-corrected chi connectivity index (χ1v) is 7.01. The maximum atomic E-state index is 12.7. The van der Waals surface area contributed by atoms with Gasteiger partial charge in [-0.2, -0.15) is 0 Å². The third kappa shape index (κ3) is 3.72. The Hall–Kier alpha value is -1.63. The number of carbonyl (C=O) groups is 1. The Morgan fingerprint density at radius 3 is 2.57 bits per heavy atom. The molecule has 0 atom stereocenters. The molecule has 1 aromatic heterocycles. The van der Waals surface area contributed by atoms with E-state index in [4.69, 9.17) is 4.74 Å². The van der Waals surface area contributed by atoms with E-state index in [1.165, 1.54) is 0 Å². The second kappa shape index (κ2) is 6.89. The maximum Gasteiger partial charge on any atom is 0.280 e. The van der Waals surface area contributed by atoms with Gasteiger partial charge in [-0.05, 0) is 32.8 Å². The van der Waals surface area contributed by atoms with E-state index in [9.17, 15) is 13.6 Å². The van der Waals surface area contributed by atoms with Gasteiger partial charge >= 0.3 is 0 Å². The third-order valence-electron chi connectivity index (χ3n) is 3.51. The van der Waals surface area contributed by atoms with Gasteiger partial charge in [0.25, 0.3) is 12.3 Å². The van der Waals surface area contributed by atoms with Gasteiger partial charge in [-0.25, -0.2) is 18.7 Å². The van der Waals surface area contributed by atoms with Gasteiger partial charge < -0.3 is 9.64 Å². The highest BCUT2D eigenvalue weighted by atomic mass is 19.3. The largest absolute Gasteiger partial charge is 0.381 e. The lowest BCUT2D eigenvalue weighted by Gasteiger charge is -2.37. The lowest BCUT2D eigenvalue weighted by molar-refractivity contribution is 0.0202. The van der Waals surface area contributed by atoms with Gasteiger partial charge in [0.05, 0.1) is 0 Å². The summed E-state index contributed by atoms with van der Waals surface area (Å²) in [5, 5.41) is 0. The second-order valence-corrected chi connectivity index (χ2v) is 5.28. The average Bonchev–Trinajstić information content (AvgIpc) is 2.48.